The Labute approximate surface area is 214 Å². The van der Waals surface area contributed by atoms with Crippen molar-refractivity contribution in [2.75, 3.05) is 13.2 Å². The Kier molecular flexibility index (Phi) is 11.4. The summed E-state index contributed by atoms with van der Waals surface area (Å²) in [6, 6.07) is 0. The predicted molar refractivity (Wildman–Crippen MR) is 139 cm³/mol. The number of allylic oxidation sites excluding steroid dienone is 1. The van der Waals surface area contributed by atoms with E-state index in [1.807, 2.05) is 0 Å². The average molecular weight is 495 g/mol. The van der Waals surface area contributed by atoms with E-state index in [9.17, 15) is 8.78 Å². The molecule has 3 saturated carbocycles. The highest BCUT2D eigenvalue weighted by Gasteiger charge is 2.35. The Balaban J connectivity index is 1.03. The summed E-state index contributed by atoms with van der Waals surface area (Å²) in [5.74, 6) is 5.02. The van der Waals surface area contributed by atoms with E-state index < -0.39 is 6.08 Å². The molecule has 0 amide bonds. The molecule has 1 saturated heterocycles. The summed E-state index contributed by atoms with van der Waals surface area (Å²) in [7, 11) is 0. The molecule has 0 spiro atoms. The number of hydrogen-bond acceptors (Lipinski definition) is 2. The first-order chi connectivity index (χ1) is 17.1. The Morgan fingerprint density at radius 2 is 1.11 bits per heavy atom. The van der Waals surface area contributed by atoms with Gasteiger partial charge in [-0.05, 0) is 106 Å². The maximum atomic E-state index is 12.4. The number of ether oxygens (including phenoxy) is 2. The van der Waals surface area contributed by atoms with Crippen LogP contribution in [-0.2, 0) is 9.47 Å². The quantitative estimate of drug-likeness (QED) is 0.281. The van der Waals surface area contributed by atoms with Gasteiger partial charge in [0, 0.05) is 11.8 Å². The number of rotatable bonds is 10. The molecule has 0 N–H and O–H groups in total. The van der Waals surface area contributed by atoms with E-state index >= 15 is 0 Å². The van der Waals surface area contributed by atoms with E-state index in [0.717, 1.165) is 62.6 Å². The largest absolute Gasteiger partial charge is 0.352 e. The molecule has 0 bridgehead atoms. The SMILES string of the molecule is CCCC1COC(C2CCC(C3CCC(CCCCC4CCC(C=C(F)F)CC4)CC3)CC2)OC1. The second kappa shape index (κ2) is 14.5. The summed E-state index contributed by atoms with van der Waals surface area (Å²) in [5, 5.41) is 0. The second-order valence-corrected chi connectivity index (χ2v) is 12.7. The lowest BCUT2D eigenvalue weighted by Crippen LogP contribution is -2.39. The Morgan fingerprint density at radius 1 is 0.629 bits per heavy atom. The van der Waals surface area contributed by atoms with E-state index in [4.69, 9.17) is 9.47 Å². The van der Waals surface area contributed by atoms with E-state index in [2.05, 4.69) is 6.92 Å². The fraction of sp³-hybridized carbons (Fsp3) is 0.935. The normalized spacial score (nSPS) is 38.7. The van der Waals surface area contributed by atoms with Gasteiger partial charge in [0.1, 0.15) is 0 Å². The van der Waals surface area contributed by atoms with Crippen LogP contribution in [0.3, 0.4) is 0 Å². The van der Waals surface area contributed by atoms with E-state index in [1.54, 1.807) is 0 Å². The molecule has 0 aromatic carbocycles. The van der Waals surface area contributed by atoms with Gasteiger partial charge in [-0.2, -0.15) is 8.78 Å². The van der Waals surface area contributed by atoms with Gasteiger partial charge in [0.15, 0.2) is 6.29 Å². The molecule has 35 heavy (non-hydrogen) atoms. The fourth-order valence-electron chi connectivity index (χ4n) is 7.93. The van der Waals surface area contributed by atoms with E-state index in [1.165, 1.54) is 96.0 Å². The molecule has 4 heteroatoms. The zero-order chi connectivity index (χ0) is 24.5. The molecular formula is C31H52F2O2. The lowest BCUT2D eigenvalue weighted by Gasteiger charge is -2.41. The van der Waals surface area contributed by atoms with Crippen molar-refractivity contribution in [3.05, 3.63) is 12.2 Å². The molecule has 202 valence electrons. The average Bonchev–Trinajstić information content (AvgIpc) is 2.88. The molecule has 0 aromatic rings. The Morgan fingerprint density at radius 3 is 1.63 bits per heavy atom. The maximum absolute atomic E-state index is 12.4. The minimum Gasteiger partial charge on any atom is -0.352 e. The lowest BCUT2D eigenvalue weighted by molar-refractivity contribution is -0.230. The van der Waals surface area contributed by atoms with Gasteiger partial charge in [-0.15, -0.1) is 0 Å². The van der Waals surface area contributed by atoms with Crippen molar-refractivity contribution in [3.8, 4) is 0 Å². The van der Waals surface area contributed by atoms with E-state index in [0.29, 0.717) is 11.8 Å². The van der Waals surface area contributed by atoms with Gasteiger partial charge in [0.05, 0.1) is 13.2 Å². The molecule has 1 aliphatic heterocycles. The van der Waals surface area contributed by atoms with Crippen LogP contribution in [0, 0.1) is 41.4 Å². The van der Waals surface area contributed by atoms with Gasteiger partial charge in [-0.3, -0.25) is 0 Å². The van der Waals surface area contributed by atoms with Crippen molar-refractivity contribution in [2.24, 2.45) is 41.4 Å². The molecule has 0 radical (unpaired) electrons. The van der Waals surface area contributed by atoms with Crippen LogP contribution in [0.25, 0.3) is 0 Å². The summed E-state index contributed by atoms with van der Waals surface area (Å²) < 4.78 is 37.1. The molecular weight excluding hydrogens is 442 g/mol. The van der Waals surface area contributed by atoms with Gasteiger partial charge in [0.2, 0.25) is 0 Å². The topological polar surface area (TPSA) is 18.5 Å². The van der Waals surface area contributed by atoms with Gasteiger partial charge >= 0.3 is 0 Å². The smallest absolute Gasteiger partial charge is 0.266 e. The molecule has 4 aliphatic rings. The highest BCUT2D eigenvalue weighted by Crippen LogP contribution is 2.44. The number of halogens is 2. The summed E-state index contributed by atoms with van der Waals surface area (Å²) in [4.78, 5) is 0. The van der Waals surface area contributed by atoms with Gasteiger partial charge in [-0.1, -0.05) is 51.9 Å². The third-order valence-corrected chi connectivity index (χ3v) is 10.2. The highest BCUT2D eigenvalue weighted by molar-refractivity contribution is 4.91. The van der Waals surface area contributed by atoms with Crippen molar-refractivity contribution in [3.63, 3.8) is 0 Å². The molecule has 2 nitrogen and oxygen atoms in total. The van der Waals surface area contributed by atoms with Crippen molar-refractivity contribution >= 4 is 0 Å². The van der Waals surface area contributed by atoms with Gasteiger partial charge in [-0.25, -0.2) is 0 Å². The van der Waals surface area contributed by atoms with Crippen LogP contribution in [0.1, 0.15) is 122 Å². The Hall–Kier alpha value is -0.480. The first-order valence-electron chi connectivity index (χ1n) is 15.4. The number of unbranched alkanes of at least 4 members (excludes halogenated alkanes) is 1. The summed E-state index contributed by atoms with van der Waals surface area (Å²) in [6.45, 7) is 4.06. The first-order valence-corrected chi connectivity index (χ1v) is 15.4. The molecule has 0 unspecified atom stereocenters. The van der Waals surface area contributed by atoms with Crippen LogP contribution in [-0.4, -0.2) is 19.5 Å². The minimum atomic E-state index is -1.49. The zero-order valence-corrected chi connectivity index (χ0v) is 22.4. The minimum absolute atomic E-state index is 0.0739. The van der Waals surface area contributed by atoms with Crippen LogP contribution in [0.15, 0.2) is 12.2 Å². The third-order valence-electron chi connectivity index (χ3n) is 10.2. The Bertz CT molecular complexity index is 601. The van der Waals surface area contributed by atoms with Gasteiger partial charge < -0.3 is 9.47 Å². The molecule has 0 atom stereocenters. The molecule has 4 rings (SSSR count). The van der Waals surface area contributed by atoms with Crippen LogP contribution in [0.2, 0.25) is 0 Å². The molecule has 4 fully saturated rings. The predicted octanol–water partition coefficient (Wildman–Crippen LogP) is 9.54. The van der Waals surface area contributed by atoms with Crippen LogP contribution in [0.5, 0.6) is 0 Å². The standard InChI is InChI=1S/C31H52F2O2/c1-2-5-26-21-34-31(35-22-26)29-18-16-28(17-19-29)27-14-12-24(13-15-27)7-4-3-6-23-8-10-25(11-9-23)20-30(32)33/h20,23-29,31H,2-19,21-22H2,1H3. The van der Waals surface area contributed by atoms with Crippen molar-refractivity contribution in [2.45, 2.75) is 129 Å². The molecule has 1 heterocycles. The third kappa shape index (κ3) is 8.80. The highest BCUT2D eigenvalue weighted by atomic mass is 19.3. The first kappa shape index (κ1) is 27.6. The lowest BCUT2D eigenvalue weighted by atomic mass is 9.68. The monoisotopic (exact) mass is 494 g/mol. The van der Waals surface area contributed by atoms with Crippen LogP contribution < -0.4 is 0 Å². The number of hydrogen-bond donors (Lipinski definition) is 0. The molecule has 0 aromatic heterocycles. The van der Waals surface area contributed by atoms with Crippen LogP contribution in [0.4, 0.5) is 8.78 Å². The van der Waals surface area contributed by atoms with Crippen molar-refractivity contribution in [1.29, 1.82) is 0 Å². The van der Waals surface area contributed by atoms with Crippen molar-refractivity contribution < 1.29 is 18.3 Å². The maximum Gasteiger partial charge on any atom is 0.266 e. The molecule has 3 aliphatic carbocycles. The van der Waals surface area contributed by atoms with Crippen molar-refractivity contribution in [1.82, 2.24) is 0 Å². The fourth-order valence-corrected chi connectivity index (χ4v) is 7.93. The summed E-state index contributed by atoms with van der Waals surface area (Å²) in [5.41, 5.74) is 0. The summed E-state index contributed by atoms with van der Waals surface area (Å²) in [6.07, 6.45) is 23.1. The van der Waals surface area contributed by atoms with Gasteiger partial charge in [0.25, 0.3) is 6.08 Å². The zero-order valence-electron chi connectivity index (χ0n) is 22.4. The van der Waals surface area contributed by atoms with E-state index in [-0.39, 0.29) is 12.2 Å². The summed E-state index contributed by atoms with van der Waals surface area (Å²) >= 11 is 0. The second-order valence-electron chi connectivity index (χ2n) is 12.7. The van der Waals surface area contributed by atoms with Crippen LogP contribution >= 0.6 is 0 Å².